The van der Waals surface area contributed by atoms with Crippen molar-refractivity contribution in [3.63, 3.8) is 0 Å². The summed E-state index contributed by atoms with van der Waals surface area (Å²) in [6.07, 6.45) is 0. The molecule has 0 radical (unpaired) electrons. The van der Waals surface area contributed by atoms with Gasteiger partial charge in [0.1, 0.15) is 32.5 Å². The lowest BCUT2D eigenvalue weighted by atomic mass is 11.8. The molecule has 0 unspecified atom stereocenters. The summed E-state index contributed by atoms with van der Waals surface area (Å²) in [7, 11) is -2.40. The molecule has 56 valence electrons. The molecule has 0 N–H and O–H groups in total. The lowest BCUT2D eigenvalue weighted by molar-refractivity contribution is -0.190. The molecule has 0 aliphatic heterocycles. The minimum atomic E-state index is -3.57. The van der Waals surface area contributed by atoms with Gasteiger partial charge in [-0.25, -0.2) is 16.7 Å². The van der Waals surface area contributed by atoms with Gasteiger partial charge in [-0.1, -0.05) is 0 Å². The van der Waals surface area contributed by atoms with E-state index < -0.39 is 7.82 Å². The Kier molecular flexibility index (Phi) is 5.33. The zero-order chi connectivity index (χ0) is 7.33. The molecular formula is CH3Br2O5P. The highest BCUT2D eigenvalue weighted by molar-refractivity contribution is 9.07. The second-order valence-electron chi connectivity index (χ2n) is 0.826. The predicted molar refractivity (Wildman–Crippen MR) is 35.7 cm³/mol. The van der Waals surface area contributed by atoms with Gasteiger partial charge in [-0.15, -0.1) is 4.67 Å². The second-order valence-corrected chi connectivity index (χ2v) is 3.88. The SMILES string of the molecule is COOP(=O)(OBr)OBr. The summed E-state index contributed by atoms with van der Waals surface area (Å²) in [5.41, 5.74) is 0. The first-order valence-corrected chi connectivity index (χ1v) is 4.37. The lowest BCUT2D eigenvalue weighted by Gasteiger charge is -2.05. The summed E-state index contributed by atoms with van der Waals surface area (Å²) >= 11 is 4.82. The summed E-state index contributed by atoms with van der Waals surface area (Å²) in [4.78, 5) is 4.02. The third-order valence-corrected chi connectivity index (χ3v) is 3.13. The smallest absolute Gasteiger partial charge is 0.230 e. The summed E-state index contributed by atoms with van der Waals surface area (Å²) in [6.45, 7) is 0. The van der Waals surface area contributed by atoms with E-state index in [1.54, 1.807) is 0 Å². The van der Waals surface area contributed by atoms with E-state index in [-0.39, 0.29) is 0 Å². The Hall–Kier alpha value is 1.03. The van der Waals surface area contributed by atoms with Crippen LogP contribution in [-0.4, -0.2) is 7.11 Å². The maximum Gasteiger partial charge on any atom is 0.524 e. The first kappa shape index (κ1) is 10.0. The standard InChI is InChI=1S/CH3Br2O5P/c1-5-8-9(4,6-2)7-3/h1H3. The molecular weight excluding hydrogens is 283 g/mol. The van der Waals surface area contributed by atoms with Crippen LogP contribution in [0.1, 0.15) is 0 Å². The zero-order valence-electron chi connectivity index (χ0n) is 4.24. The molecule has 0 bridgehead atoms. The van der Waals surface area contributed by atoms with Gasteiger partial charge in [-0.05, 0) is 0 Å². The number of rotatable bonds is 4. The van der Waals surface area contributed by atoms with Crippen LogP contribution in [0.4, 0.5) is 0 Å². The first-order chi connectivity index (χ1) is 4.18. The molecule has 0 amide bonds. The molecule has 0 spiro atoms. The summed E-state index contributed by atoms with van der Waals surface area (Å²) < 4.78 is 22.9. The van der Waals surface area contributed by atoms with Crippen molar-refractivity contribution >= 4 is 40.3 Å². The molecule has 0 rings (SSSR count). The monoisotopic (exact) mass is 284 g/mol. The highest BCUT2D eigenvalue weighted by Crippen LogP contribution is 2.52. The van der Waals surface area contributed by atoms with Crippen LogP contribution in [0.3, 0.4) is 0 Å². The van der Waals surface area contributed by atoms with Crippen molar-refractivity contribution in [1.82, 2.24) is 0 Å². The summed E-state index contributed by atoms with van der Waals surface area (Å²) in [5, 5.41) is 0. The quantitative estimate of drug-likeness (QED) is 0.451. The molecule has 5 nitrogen and oxygen atoms in total. The number of phosphoric acid groups is 1. The third kappa shape index (κ3) is 3.67. The van der Waals surface area contributed by atoms with Crippen LogP contribution >= 0.6 is 40.3 Å². The van der Waals surface area contributed by atoms with Gasteiger partial charge >= 0.3 is 7.82 Å². The molecule has 0 atom stereocenters. The van der Waals surface area contributed by atoms with Gasteiger partial charge in [-0.2, -0.15) is 0 Å². The number of hydrogen-bond acceptors (Lipinski definition) is 5. The first-order valence-electron chi connectivity index (χ1n) is 1.61. The van der Waals surface area contributed by atoms with E-state index in [2.05, 4.69) is 49.3 Å². The van der Waals surface area contributed by atoms with Crippen molar-refractivity contribution in [2.24, 2.45) is 0 Å². The van der Waals surface area contributed by atoms with Crippen LogP contribution in [-0.2, 0) is 21.4 Å². The van der Waals surface area contributed by atoms with E-state index >= 15 is 0 Å². The fraction of sp³-hybridized carbons (Fsp3) is 1.00. The molecule has 9 heavy (non-hydrogen) atoms. The van der Waals surface area contributed by atoms with E-state index in [9.17, 15) is 4.57 Å². The average Bonchev–Trinajstić information content (AvgIpc) is 1.89. The van der Waals surface area contributed by atoms with Crippen molar-refractivity contribution in [2.45, 2.75) is 0 Å². The number of hydrogen-bond donors (Lipinski definition) is 0. The van der Waals surface area contributed by atoms with E-state index in [1.807, 2.05) is 0 Å². The van der Waals surface area contributed by atoms with Gasteiger partial charge in [0.25, 0.3) is 0 Å². The molecule has 8 heteroatoms. The van der Waals surface area contributed by atoms with E-state index in [1.165, 1.54) is 7.11 Å². The van der Waals surface area contributed by atoms with E-state index in [0.29, 0.717) is 0 Å². The van der Waals surface area contributed by atoms with Gasteiger partial charge in [0, 0.05) is 0 Å². The minimum Gasteiger partial charge on any atom is -0.230 e. The maximum absolute atomic E-state index is 10.7. The van der Waals surface area contributed by atoms with E-state index in [4.69, 9.17) is 0 Å². The largest absolute Gasteiger partial charge is 0.524 e. The van der Waals surface area contributed by atoms with Crippen LogP contribution in [0, 0.1) is 0 Å². The van der Waals surface area contributed by atoms with Gasteiger partial charge in [0.15, 0.2) is 0 Å². The Bertz CT molecular complexity index is 108. The highest BCUT2D eigenvalue weighted by Gasteiger charge is 2.26. The Balaban J connectivity index is 3.78. The normalized spacial score (nSPS) is 11.9. The summed E-state index contributed by atoms with van der Waals surface area (Å²) in [5.74, 6) is 0. The third-order valence-electron chi connectivity index (χ3n) is 0.335. The Morgan fingerprint density at radius 2 is 1.78 bits per heavy atom. The average molecular weight is 286 g/mol. The molecule has 0 saturated carbocycles. The highest BCUT2D eigenvalue weighted by atomic mass is 79.9. The van der Waals surface area contributed by atoms with Crippen molar-refractivity contribution in [2.75, 3.05) is 7.11 Å². The van der Waals surface area contributed by atoms with Crippen molar-refractivity contribution in [3.8, 4) is 0 Å². The Morgan fingerprint density at radius 3 is 1.89 bits per heavy atom. The fourth-order valence-corrected chi connectivity index (χ4v) is 1.49. The second kappa shape index (κ2) is 4.79. The van der Waals surface area contributed by atoms with Crippen LogP contribution in [0.25, 0.3) is 0 Å². The van der Waals surface area contributed by atoms with Crippen LogP contribution in [0.2, 0.25) is 0 Å². The topological polar surface area (TPSA) is 54.0 Å². The van der Waals surface area contributed by atoms with Crippen molar-refractivity contribution in [3.05, 3.63) is 0 Å². The molecule has 0 saturated heterocycles. The van der Waals surface area contributed by atoms with E-state index in [0.717, 1.165) is 0 Å². The van der Waals surface area contributed by atoms with Gasteiger partial charge in [0.2, 0.25) is 0 Å². The predicted octanol–water partition coefficient (Wildman–Crippen LogP) is 2.33. The molecule has 0 aromatic heterocycles. The Morgan fingerprint density at radius 1 is 1.33 bits per heavy atom. The van der Waals surface area contributed by atoms with Crippen LogP contribution in [0.5, 0.6) is 0 Å². The van der Waals surface area contributed by atoms with Crippen molar-refractivity contribution < 1.29 is 21.4 Å². The molecule has 0 aliphatic carbocycles. The summed E-state index contributed by atoms with van der Waals surface area (Å²) in [6, 6.07) is 0. The molecule has 0 aromatic carbocycles. The molecule has 0 aromatic rings. The van der Waals surface area contributed by atoms with Crippen LogP contribution in [0.15, 0.2) is 0 Å². The lowest BCUT2D eigenvalue weighted by Crippen LogP contribution is -1.86. The van der Waals surface area contributed by atoms with Gasteiger partial charge in [-0.3, -0.25) is 0 Å². The molecule has 0 heterocycles. The molecule has 0 fully saturated rings. The van der Waals surface area contributed by atoms with Gasteiger partial charge < -0.3 is 0 Å². The zero-order valence-corrected chi connectivity index (χ0v) is 8.31. The van der Waals surface area contributed by atoms with Crippen LogP contribution < -0.4 is 0 Å². The van der Waals surface area contributed by atoms with Crippen molar-refractivity contribution in [1.29, 1.82) is 0 Å². The Labute approximate surface area is 69.1 Å². The number of halogens is 2. The fourth-order valence-electron chi connectivity index (χ4n) is 0.125. The van der Waals surface area contributed by atoms with Gasteiger partial charge in [0.05, 0.1) is 7.11 Å². The maximum atomic E-state index is 10.7. The molecule has 0 aliphatic rings. The minimum absolute atomic E-state index is 1.17.